The van der Waals surface area contributed by atoms with Crippen molar-refractivity contribution in [3.05, 3.63) is 65.0 Å². The van der Waals surface area contributed by atoms with Crippen molar-refractivity contribution in [2.75, 3.05) is 7.05 Å². The van der Waals surface area contributed by atoms with E-state index < -0.39 is 0 Å². The number of nitrogens with one attached hydrogen (secondary N) is 1. The maximum Gasteiger partial charge on any atom is 0.0578 e. The smallest absolute Gasteiger partial charge is 0.0578 e. The highest BCUT2D eigenvalue weighted by atomic mass is 14.9. The van der Waals surface area contributed by atoms with Crippen LogP contribution in [0.15, 0.2) is 42.7 Å². The quantitative estimate of drug-likeness (QED) is 0.889. The summed E-state index contributed by atoms with van der Waals surface area (Å²) in [5.74, 6) is 0.681. The standard InChI is InChI=1S/C18H24N2/c1-13(2)10-15-6-5-7-16(11-15)18(19-4)17-8-9-20-12-14(17)3/h5-9,11-13,18-19H,10H2,1-4H3. The van der Waals surface area contributed by atoms with Gasteiger partial charge in [-0.25, -0.2) is 0 Å². The zero-order valence-electron chi connectivity index (χ0n) is 12.9. The Hall–Kier alpha value is -1.67. The highest BCUT2D eigenvalue weighted by molar-refractivity contribution is 5.37. The first-order chi connectivity index (χ1) is 9.61. The average Bonchev–Trinajstić information content (AvgIpc) is 2.41. The molecule has 0 fully saturated rings. The number of hydrogen-bond donors (Lipinski definition) is 1. The van der Waals surface area contributed by atoms with E-state index >= 15 is 0 Å². The molecule has 0 saturated carbocycles. The molecule has 1 atom stereocenters. The Kier molecular flexibility index (Phi) is 4.91. The van der Waals surface area contributed by atoms with Crippen LogP contribution in [-0.2, 0) is 6.42 Å². The molecule has 2 heteroatoms. The molecular formula is C18H24N2. The molecule has 20 heavy (non-hydrogen) atoms. The first-order valence-corrected chi connectivity index (χ1v) is 7.28. The molecule has 0 saturated heterocycles. The summed E-state index contributed by atoms with van der Waals surface area (Å²) in [6.45, 7) is 6.63. The number of hydrogen-bond acceptors (Lipinski definition) is 2. The Morgan fingerprint density at radius 2 is 2.00 bits per heavy atom. The Morgan fingerprint density at radius 3 is 2.65 bits per heavy atom. The van der Waals surface area contributed by atoms with Gasteiger partial charge in [0.15, 0.2) is 0 Å². The van der Waals surface area contributed by atoms with Gasteiger partial charge >= 0.3 is 0 Å². The lowest BCUT2D eigenvalue weighted by Gasteiger charge is -2.20. The summed E-state index contributed by atoms with van der Waals surface area (Å²) < 4.78 is 0. The molecule has 1 unspecified atom stereocenters. The molecular weight excluding hydrogens is 244 g/mol. The third kappa shape index (κ3) is 3.45. The molecule has 2 rings (SSSR count). The molecule has 2 aromatic rings. The van der Waals surface area contributed by atoms with Crippen LogP contribution in [0, 0.1) is 12.8 Å². The molecule has 0 aliphatic rings. The maximum absolute atomic E-state index is 4.18. The predicted octanol–water partition coefficient (Wildman–Crippen LogP) is 3.90. The summed E-state index contributed by atoms with van der Waals surface area (Å²) in [5, 5.41) is 3.43. The fraction of sp³-hybridized carbons (Fsp3) is 0.389. The molecule has 1 heterocycles. The molecule has 0 aliphatic carbocycles. The summed E-state index contributed by atoms with van der Waals surface area (Å²) in [7, 11) is 2.01. The largest absolute Gasteiger partial charge is 0.309 e. The van der Waals surface area contributed by atoms with Crippen molar-refractivity contribution in [2.45, 2.75) is 33.2 Å². The minimum atomic E-state index is 0.227. The lowest BCUT2D eigenvalue weighted by atomic mass is 9.93. The van der Waals surface area contributed by atoms with E-state index in [-0.39, 0.29) is 6.04 Å². The lowest BCUT2D eigenvalue weighted by molar-refractivity contribution is 0.642. The van der Waals surface area contributed by atoms with Crippen molar-refractivity contribution in [3.63, 3.8) is 0 Å². The molecule has 0 bridgehead atoms. The predicted molar refractivity (Wildman–Crippen MR) is 84.9 cm³/mol. The van der Waals surface area contributed by atoms with Gasteiger partial charge in [0.05, 0.1) is 6.04 Å². The molecule has 0 spiro atoms. The second-order valence-corrected chi connectivity index (χ2v) is 5.80. The van der Waals surface area contributed by atoms with Gasteiger partial charge in [-0.3, -0.25) is 4.98 Å². The van der Waals surface area contributed by atoms with Gasteiger partial charge in [-0.15, -0.1) is 0 Å². The van der Waals surface area contributed by atoms with E-state index in [9.17, 15) is 0 Å². The van der Waals surface area contributed by atoms with Crippen molar-refractivity contribution in [1.82, 2.24) is 10.3 Å². The number of aromatic nitrogens is 1. The van der Waals surface area contributed by atoms with Gasteiger partial charge < -0.3 is 5.32 Å². The highest BCUT2D eigenvalue weighted by Crippen LogP contribution is 2.25. The minimum absolute atomic E-state index is 0.227. The van der Waals surface area contributed by atoms with Gasteiger partial charge in [-0.05, 0) is 54.6 Å². The van der Waals surface area contributed by atoms with Crippen molar-refractivity contribution in [3.8, 4) is 0 Å². The van der Waals surface area contributed by atoms with Gasteiger partial charge in [0.25, 0.3) is 0 Å². The topological polar surface area (TPSA) is 24.9 Å². The van der Waals surface area contributed by atoms with Gasteiger partial charge in [-0.1, -0.05) is 38.1 Å². The monoisotopic (exact) mass is 268 g/mol. The second kappa shape index (κ2) is 6.67. The van der Waals surface area contributed by atoms with Crippen LogP contribution >= 0.6 is 0 Å². The third-order valence-corrected chi connectivity index (χ3v) is 3.59. The van der Waals surface area contributed by atoms with E-state index in [1.807, 2.05) is 19.4 Å². The zero-order valence-corrected chi connectivity index (χ0v) is 12.9. The number of rotatable bonds is 5. The van der Waals surface area contributed by atoms with Crippen LogP contribution in [0.2, 0.25) is 0 Å². The fourth-order valence-electron chi connectivity index (χ4n) is 2.68. The van der Waals surface area contributed by atoms with E-state index in [2.05, 4.69) is 61.4 Å². The van der Waals surface area contributed by atoms with E-state index in [0.29, 0.717) is 5.92 Å². The normalized spacial score (nSPS) is 12.7. The van der Waals surface area contributed by atoms with Gasteiger partial charge in [-0.2, -0.15) is 0 Å². The summed E-state index contributed by atoms with van der Waals surface area (Å²) in [6, 6.07) is 11.2. The molecule has 0 aliphatic heterocycles. The molecule has 2 nitrogen and oxygen atoms in total. The Labute approximate surface area is 122 Å². The Bertz CT molecular complexity index is 561. The number of pyridine rings is 1. The van der Waals surface area contributed by atoms with E-state index in [1.54, 1.807) is 0 Å². The van der Waals surface area contributed by atoms with Crippen molar-refractivity contribution < 1.29 is 0 Å². The third-order valence-electron chi connectivity index (χ3n) is 3.59. The SMILES string of the molecule is CNC(c1cccc(CC(C)C)c1)c1ccncc1C. The van der Waals surface area contributed by atoms with Crippen LogP contribution in [0.1, 0.15) is 42.1 Å². The van der Waals surface area contributed by atoms with Crippen LogP contribution in [0.4, 0.5) is 0 Å². The Morgan fingerprint density at radius 1 is 1.20 bits per heavy atom. The van der Waals surface area contributed by atoms with Crippen LogP contribution < -0.4 is 5.32 Å². The molecule has 106 valence electrons. The van der Waals surface area contributed by atoms with Crippen LogP contribution in [0.5, 0.6) is 0 Å². The minimum Gasteiger partial charge on any atom is -0.309 e. The lowest BCUT2D eigenvalue weighted by Crippen LogP contribution is -2.19. The maximum atomic E-state index is 4.18. The van der Waals surface area contributed by atoms with E-state index in [4.69, 9.17) is 0 Å². The molecule has 1 N–H and O–H groups in total. The number of aryl methyl sites for hydroxylation is 1. The summed E-state index contributed by atoms with van der Waals surface area (Å²) in [6.07, 6.45) is 4.92. The van der Waals surface area contributed by atoms with Crippen molar-refractivity contribution >= 4 is 0 Å². The van der Waals surface area contributed by atoms with Gasteiger partial charge in [0.1, 0.15) is 0 Å². The Balaban J connectivity index is 2.35. The van der Waals surface area contributed by atoms with Crippen molar-refractivity contribution in [2.24, 2.45) is 5.92 Å². The zero-order chi connectivity index (χ0) is 14.5. The summed E-state index contributed by atoms with van der Waals surface area (Å²) >= 11 is 0. The molecule has 1 aromatic carbocycles. The second-order valence-electron chi connectivity index (χ2n) is 5.80. The summed E-state index contributed by atoms with van der Waals surface area (Å²) in [5.41, 5.74) is 5.25. The first kappa shape index (κ1) is 14.7. The van der Waals surface area contributed by atoms with E-state index in [0.717, 1.165) is 6.42 Å². The number of benzene rings is 1. The van der Waals surface area contributed by atoms with Crippen LogP contribution in [-0.4, -0.2) is 12.0 Å². The molecule has 0 radical (unpaired) electrons. The fourth-order valence-corrected chi connectivity index (χ4v) is 2.68. The van der Waals surface area contributed by atoms with E-state index in [1.165, 1.54) is 22.3 Å². The van der Waals surface area contributed by atoms with Gasteiger partial charge in [0, 0.05) is 12.4 Å². The number of nitrogens with zero attached hydrogens (tertiary/aromatic N) is 1. The van der Waals surface area contributed by atoms with Crippen LogP contribution in [0.3, 0.4) is 0 Å². The first-order valence-electron chi connectivity index (χ1n) is 7.28. The average molecular weight is 268 g/mol. The van der Waals surface area contributed by atoms with Crippen LogP contribution in [0.25, 0.3) is 0 Å². The molecule has 1 aromatic heterocycles. The molecule has 0 amide bonds. The highest BCUT2D eigenvalue weighted by Gasteiger charge is 2.14. The van der Waals surface area contributed by atoms with Crippen molar-refractivity contribution in [1.29, 1.82) is 0 Å². The van der Waals surface area contributed by atoms with Gasteiger partial charge in [0.2, 0.25) is 0 Å². The summed E-state index contributed by atoms with van der Waals surface area (Å²) in [4.78, 5) is 4.18.